The van der Waals surface area contributed by atoms with Gasteiger partial charge in [-0.05, 0) is 7.05 Å². The summed E-state index contributed by atoms with van der Waals surface area (Å²) in [5, 5.41) is 17.2. The van der Waals surface area contributed by atoms with Crippen molar-refractivity contribution in [1.29, 1.82) is 0 Å². The van der Waals surface area contributed by atoms with Crippen LogP contribution in [0.25, 0.3) is 11.0 Å². The average molecular weight is 263 g/mol. The molecule has 0 aliphatic rings. The Morgan fingerprint density at radius 2 is 2.26 bits per heavy atom. The van der Waals surface area contributed by atoms with Crippen LogP contribution < -0.4 is 10.2 Å². The van der Waals surface area contributed by atoms with Crippen molar-refractivity contribution < 1.29 is 9.90 Å². The molecule has 0 spiro atoms. The largest absolute Gasteiger partial charge is 0.478 e. The van der Waals surface area contributed by atoms with E-state index in [-0.39, 0.29) is 5.56 Å². The summed E-state index contributed by atoms with van der Waals surface area (Å²) in [5.41, 5.74) is 1.52. The van der Waals surface area contributed by atoms with Crippen LogP contribution in [0.15, 0.2) is 12.4 Å². The van der Waals surface area contributed by atoms with Crippen molar-refractivity contribution in [2.45, 2.75) is 0 Å². The lowest BCUT2D eigenvalue weighted by Crippen LogP contribution is -2.28. The lowest BCUT2D eigenvalue weighted by molar-refractivity contribution is 0.0697. The Labute approximate surface area is 110 Å². The van der Waals surface area contributed by atoms with Gasteiger partial charge in [0.25, 0.3) is 0 Å². The molecule has 7 nitrogen and oxygen atoms in total. The molecule has 2 heterocycles. The number of aromatic nitrogens is 3. The van der Waals surface area contributed by atoms with Crippen molar-refractivity contribution in [2.24, 2.45) is 7.05 Å². The van der Waals surface area contributed by atoms with Gasteiger partial charge >= 0.3 is 5.97 Å². The summed E-state index contributed by atoms with van der Waals surface area (Å²) in [4.78, 5) is 17.4. The maximum Gasteiger partial charge on any atom is 0.339 e. The maximum atomic E-state index is 11.3. The predicted octanol–water partition coefficient (Wildman–Crippen LogP) is 0.322. The molecule has 0 saturated carbocycles. The van der Waals surface area contributed by atoms with Gasteiger partial charge in [-0.1, -0.05) is 0 Å². The second-order valence-corrected chi connectivity index (χ2v) is 4.36. The van der Waals surface area contributed by atoms with E-state index in [0.717, 1.165) is 11.9 Å². The Kier molecular flexibility index (Phi) is 3.66. The highest BCUT2D eigenvalue weighted by Gasteiger charge is 2.19. The number of nitrogens with zero attached hydrogens (tertiary/aromatic N) is 4. The number of carbonyl (C=O) groups is 1. The fraction of sp³-hybridized carbons (Fsp3) is 0.417. The number of pyridine rings is 1. The van der Waals surface area contributed by atoms with Crippen molar-refractivity contribution in [2.75, 3.05) is 32.1 Å². The Morgan fingerprint density at radius 1 is 1.53 bits per heavy atom. The van der Waals surface area contributed by atoms with E-state index in [0.29, 0.717) is 17.9 Å². The first-order chi connectivity index (χ1) is 9.06. The summed E-state index contributed by atoms with van der Waals surface area (Å²) in [6.07, 6.45) is 3.04. The van der Waals surface area contributed by atoms with Crippen LogP contribution in [-0.4, -0.2) is 53.0 Å². The molecule has 2 aromatic rings. The fourth-order valence-electron chi connectivity index (χ4n) is 2.04. The summed E-state index contributed by atoms with van der Waals surface area (Å²) >= 11 is 0. The smallest absolute Gasteiger partial charge is 0.339 e. The third kappa shape index (κ3) is 2.37. The molecule has 0 saturated heterocycles. The number of hydrogen-bond donors (Lipinski definition) is 2. The number of fused-ring (bicyclic) bond motifs is 1. The van der Waals surface area contributed by atoms with E-state index in [1.54, 1.807) is 17.9 Å². The van der Waals surface area contributed by atoms with Crippen molar-refractivity contribution in [3.8, 4) is 0 Å². The minimum atomic E-state index is -0.982. The lowest BCUT2D eigenvalue weighted by atomic mass is 10.1. The first kappa shape index (κ1) is 13.3. The molecule has 2 rings (SSSR count). The van der Waals surface area contributed by atoms with Crippen molar-refractivity contribution in [3.05, 3.63) is 18.0 Å². The molecule has 0 fully saturated rings. The highest BCUT2D eigenvalue weighted by molar-refractivity contribution is 6.03. The van der Waals surface area contributed by atoms with Crippen LogP contribution in [0.2, 0.25) is 0 Å². The van der Waals surface area contributed by atoms with Crippen molar-refractivity contribution in [1.82, 2.24) is 20.1 Å². The van der Waals surface area contributed by atoms with E-state index in [2.05, 4.69) is 15.4 Å². The molecule has 2 aromatic heterocycles. The van der Waals surface area contributed by atoms with E-state index >= 15 is 0 Å². The predicted molar refractivity (Wildman–Crippen MR) is 72.7 cm³/mol. The highest BCUT2D eigenvalue weighted by Crippen LogP contribution is 2.28. The topological polar surface area (TPSA) is 83.3 Å². The molecule has 0 atom stereocenters. The van der Waals surface area contributed by atoms with Gasteiger partial charge < -0.3 is 15.3 Å². The molecule has 0 aliphatic heterocycles. The molecule has 0 radical (unpaired) electrons. The van der Waals surface area contributed by atoms with Crippen LogP contribution in [0, 0.1) is 0 Å². The molecular formula is C12H17N5O2. The Hall–Kier alpha value is -2.15. The second kappa shape index (κ2) is 5.23. The monoisotopic (exact) mass is 263 g/mol. The molecule has 102 valence electrons. The van der Waals surface area contributed by atoms with E-state index in [1.807, 2.05) is 19.0 Å². The van der Waals surface area contributed by atoms with Crippen LogP contribution >= 0.6 is 0 Å². The first-order valence-electron chi connectivity index (χ1n) is 5.96. The minimum Gasteiger partial charge on any atom is -0.478 e. The Balaban J connectivity index is 2.58. The number of aryl methyl sites for hydroxylation is 1. The summed E-state index contributed by atoms with van der Waals surface area (Å²) < 4.78 is 1.64. The van der Waals surface area contributed by atoms with Gasteiger partial charge in [0, 0.05) is 33.4 Å². The lowest BCUT2D eigenvalue weighted by Gasteiger charge is -2.21. The third-order valence-electron chi connectivity index (χ3n) is 3.04. The Morgan fingerprint density at radius 3 is 2.89 bits per heavy atom. The third-order valence-corrected chi connectivity index (χ3v) is 3.04. The summed E-state index contributed by atoms with van der Waals surface area (Å²) in [5.74, 6) is -0.982. The number of carboxylic acids is 1. The standard InChI is InChI=1S/C12H17N5O2/c1-13-4-5-16(2)10-8-7-15-17(3)11(8)14-6-9(10)12(18)19/h6-7,13H,4-5H2,1-3H3,(H,18,19). The van der Waals surface area contributed by atoms with Crippen LogP contribution in [0.4, 0.5) is 5.69 Å². The molecule has 2 N–H and O–H groups in total. The number of aromatic carboxylic acids is 1. The SMILES string of the molecule is CNCCN(C)c1c(C(=O)O)cnc2c1cnn2C. The van der Waals surface area contributed by atoms with Gasteiger partial charge in [0.15, 0.2) is 5.65 Å². The summed E-state index contributed by atoms with van der Waals surface area (Å²) in [6.45, 7) is 1.46. The van der Waals surface area contributed by atoms with E-state index in [4.69, 9.17) is 0 Å². The van der Waals surface area contributed by atoms with Gasteiger partial charge in [0.2, 0.25) is 0 Å². The highest BCUT2D eigenvalue weighted by atomic mass is 16.4. The van der Waals surface area contributed by atoms with Crippen LogP contribution in [0.3, 0.4) is 0 Å². The zero-order valence-corrected chi connectivity index (χ0v) is 11.2. The van der Waals surface area contributed by atoms with E-state index in [1.165, 1.54) is 6.20 Å². The zero-order valence-electron chi connectivity index (χ0n) is 11.2. The quantitative estimate of drug-likeness (QED) is 0.808. The molecule has 0 aliphatic carbocycles. The first-order valence-corrected chi connectivity index (χ1v) is 5.96. The number of carboxylic acid groups (broad SMARTS) is 1. The number of nitrogens with one attached hydrogen (secondary N) is 1. The molecule has 0 bridgehead atoms. The molecule has 7 heteroatoms. The van der Waals surface area contributed by atoms with Gasteiger partial charge in [-0.25, -0.2) is 9.78 Å². The molecule has 0 unspecified atom stereocenters. The van der Waals surface area contributed by atoms with Gasteiger partial charge in [0.1, 0.15) is 5.56 Å². The normalized spacial score (nSPS) is 10.9. The zero-order chi connectivity index (χ0) is 14.0. The maximum absolute atomic E-state index is 11.3. The number of likely N-dealkylation sites (N-methyl/N-ethyl adjacent to an activating group) is 2. The molecule has 19 heavy (non-hydrogen) atoms. The minimum absolute atomic E-state index is 0.194. The van der Waals surface area contributed by atoms with Gasteiger partial charge in [-0.3, -0.25) is 4.68 Å². The molecule has 0 amide bonds. The molecular weight excluding hydrogens is 246 g/mol. The van der Waals surface area contributed by atoms with Crippen LogP contribution in [0.5, 0.6) is 0 Å². The van der Waals surface area contributed by atoms with E-state index in [9.17, 15) is 9.90 Å². The number of rotatable bonds is 5. The van der Waals surface area contributed by atoms with Crippen LogP contribution in [-0.2, 0) is 7.05 Å². The Bertz CT molecular complexity index is 607. The van der Waals surface area contributed by atoms with Crippen molar-refractivity contribution >= 4 is 22.7 Å². The second-order valence-electron chi connectivity index (χ2n) is 4.36. The van der Waals surface area contributed by atoms with Crippen LogP contribution in [0.1, 0.15) is 10.4 Å². The van der Waals surface area contributed by atoms with E-state index < -0.39 is 5.97 Å². The average Bonchev–Trinajstić information content (AvgIpc) is 2.76. The summed E-state index contributed by atoms with van der Waals surface area (Å²) in [6, 6.07) is 0. The fourth-order valence-corrected chi connectivity index (χ4v) is 2.04. The van der Waals surface area contributed by atoms with Gasteiger partial charge in [-0.15, -0.1) is 0 Å². The van der Waals surface area contributed by atoms with Crippen molar-refractivity contribution in [3.63, 3.8) is 0 Å². The number of hydrogen-bond acceptors (Lipinski definition) is 5. The number of anilines is 1. The van der Waals surface area contributed by atoms with Gasteiger partial charge in [0.05, 0.1) is 17.3 Å². The molecule has 0 aromatic carbocycles. The summed E-state index contributed by atoms with van der Waals surface area (Å²) in [7, 11) is 5.51. The van der Waals surface area contributed by atoms with Gasteiger partial charge in [-0.2, -0.15) is 5.10 Å².